The molecule has 2 unspecified atom stereocenters. The zero-order valence-corrected chi connectivity index (χ0v) is 18.6. The van der Waals surface area contributed by atoms with Crippen molar-refractivity contribution in [2.24, 2.45) is 5.92 Å². The van der Waals surface area contributed by atoms with E-state index in [0.717, 1.165) is 25.9 Å². The second kappa shape index (κ2) is 9.75. The van der Waals surface area contributed by atoms with Gasteiger partial charge in [-0.15, -0.1) is 0 Å². The minimum atomic E-state index is -3.73. The third-order valence-corrected chi connectivity index (χ3v) is 8.00. The zero-order chi connectivity index (χ0) is 21.0. The molecule has 2 saturated heterocycles. The maximum atomic E-state index is 13.1. The third kappa shape index (κ3) is 5.49. The SMILES string of the molecule is CC1CCCN(S(=O)(=O)c2cc(C(=O)NCC(C)N3CCOCC3)ccc2Cl)C1. The second-order valence-electron chi connectivity index (χ2n) is 7.96. The number of amides is 1. The third-order valence-electron chi connectivity index (χ3n) is 5.66. The number of nitrogens with one attached hydrogen (secondary N) is 1. The van der Waals surface area contributed by atoms with Crippen LogP contribution in [-0.4, -0.2) is 75.5 Å². The van der Waals surface area contributed by atoms with Gasteiger partial charge in [0.15, 0.2) is 0 Å². The van der Waals surface area contributed by atoms with Crippen LogP contribution < -0.4 is 5.32 Å². The van der Waals surface area contributed by atoms with E-state index in [1.807, 2.05) is 6.92 Å². The van der Waals surface area contributed by atoms with Gasteiger partial charge in [-0.2, -0.15) is 4.31 Å². The van der Waals surface area contributed by atoms with Crippen molar-refractivity contribution >= 4 is 27.5 Å². The number of nitrogens with zero attached hydrogens (tertiary/aromatic N) is 2. The normalized spacial score (nSPS) is 22.9. The van der Waals surface area contributed by atoms with Gasteiger partial charge < -0.3 is 10.1 Å². The fraction of sp³-hybridized carbons (Fsp3) is 0.650. The van der Waals surface area contributed by atoms with Gasteiger partial charge in [-0.25, -0.2) is 8.42 Å². The highest BCUT2D eigenvalue weighted by atomic mass is 35.5. The summed E-state index contributed by atoms with van der Waals surface area (Å²) in [5, 5.41) is 3.05. The summed E-state index contributed by atoms with van der Waals surface area (Å²) in [6.07, 6.45) is 1.85. The minimum absolute atomic E-state index is 0.00199. The molecule has 2 aliphatic rings. The Morgan fingerprint density at radius 1 is 1.31 bits per heavy atom. The number of carbonyl (C=O) groups excluding carboxylic acids is 1. The van der Waals surface area contributed by atoms with E-state index in [0.29, 0.717) is 44.3 Å². The maximum absolute atomic E-state index is 13.1. The highest BCUT2D eigenvalue weighted by molar-refractivity contribution is 7.89. The Morgan fingerprint density at radius 2 is 2.03 bits per heavy atom. The van der Waals surface area contributed by atoms with Gasteiger partial charge in [0.25, 0.3) is 5.91 Å². The molecule has 162 valence electrons. The summed E-state index contributed by atoms with van der Waals surface area (Å²) in [4.78, 5) is 14.9. The van der Waals surface area contributed by atoms with Crippen molar-refractivity contribution in [3.63, 3.8) is 0 Å². The molecule has 2 atom stereocenters. The summed E-state index contributed by atoms with van der Waals surface area (Å²) < 4.78 is 33.0. The van der Waals surface area contributed by atoms with Crippen LogP contribution in [0.3, 0.4) is 0 Å². The van der Waals surface area contributed by atoms with Gasteiger partial charge in [-0.1, -0.05) is 18.5 Å². The Kier molecular flexibility index (Phi) is 7.56. The van der Waals surface area contributed by atoms with Crippen molar-refractivity contribution in [2.75, 3.05) is 45.9 Å². The predicted octanol–water partition coefficient (Wildman–Crippen LogP) is 2.21. The zero-order valence-electron chi connectivity index (χ0n) is 17.1. The van der Waals surface area contributed by atoms with E-state index in [4.69, 9.17) is 16.3 Å². The summed E-state index contributed by atoms with van der Waals surface area (Å²) in [5.74, 6) is 0.00990. The standard InChI is InChI=1S/C20H30ClN3O4S/c1-15-4-3-7-24(14-15)29(26,27)19-12-17(5-6-18(19)21)20(25)22-13-16(2)23-8-10-28-11-9-23/h5-6,12,15-16H,3-4,7-11,13-14H2,1-2H3,(H,22,25). The highest BCUT2D eigenvalue weighted by Crippen LogP contribution is 2.29. The molecule has 0 bridgehead atoms. The first-order valence-corrected chi connectivity index (χ1v) is 12.0. The highest BCUT2D eigenvalue weighted by Gasteiger charge is 2.31. The molecule has 1 aromatic rings. The van der Waals surface area contributed by atoms with Gasteiger partial charge in [0.2, 0.25) is 10.0 Å². The van der Waals surface area contributed by atoms with E-state index in [1.54, 1.807) is 6.07 Å². The molecular formula is C20H30ClN3O4S. The van der Waals surface area contributed by atoms with Crippen molar-refractivity contribution in [1.82, 2.24) is 14.5 Å². The summed E-state index contributed by atoms with van der Waals surface area (Å²) in [5.41, 5.74) is 0.298. The van der Waals surface area contributed by atoms with Crippen LogP contribution in [0, 0.1) is 5.92 Å². The molecule has 0 aliphatic carbocycles. The lowest BCUT2D eigenvalue weighted by Crippen LogP contribution is -2.47. The van der Waals surface area contributed by atoms with Crippen LogP contribution in [0.2, 0.25) is 5.02 Å². The van der Waals surface area contributed by atoms with Gasteiger partial charge >= 0.3 is 0 Å². The first-order valence-electron chi connectivity index (χ1n) is 10.2. The quantitative estimate of drug-likeness (QED) is 0.729. The largest absolute Gasteiger partial charge is 0.379 e. The fourth-order valence-electron chi connectivity index (χ4n) is 3.84. The van der Waals surface area contributed by atoms with Crippen LogP contribution in [0.1, 0.15) is 37.0 Å². The molecule has 1 N–H and O–H groups in total. The van der Waals surface area contributed by atoms with Crippen LogP contribution in [0.15, 0.2) is 23.1 Å². The van der Waals surface area contributed by atoms with Gasteiger partial charge in [0.1, 0.15) is 4.90 Å². The van der Waals surface area contributed by atoms with Gasteiger partial charge in [-0.05, 0) is 43.9 Å². The average molecular weight is 444 g/mol. The van der Waals surface area contributed by atoms with Crippen molar-refractivity contribution in [3.05, 3.63) is 28.8 Å². The average Bonchev–Trinajstić information content (AvgIpc) is 2.72. The Bertz CT molecular complexity index is 827. The first-order chi connectivity index (χ1) is 13.8. The number of rotatable bonds is 6. The topological polar surface area (TPSA) is 79.0 Å². The summed E-state index contributed by atoms with van der Waals surface area (Å²) in [6, 6.07) is 4.62. The van der Waals surface area contributed by atoms with Crippen LogP contribution in [-0.2, 0) is 14.8 Å². The number of carbonyl (C=O) groups is 1. The molecular weight excluding hydrogens is 414 g/mol. The molecule has 3 rings (SSSR count). The molecule has 9 heteroatoms. The Morgan fingerprint density at radius 3 is 2.72 bits per heavy atom. The Labute approximate surface area is 178 Å². The molecule has 0 radical (unpaired) electrons. The molecule has 7 nitrogen and oxygen atoms in total. The number of morpholine rings is 1. The number of piperidine rings is 1. The lowest BCUT2D eigenvalue weighted by atomic mass is 10.0. The molecule has 1 amide bonds. The van der Waals surface area contributed by atoms with Crippen molar-refractivity contribution in [3.8, 4) is 0 Å². The Balaban J connectivity index is 1.70. The first kappa shape index (κ1) is 22.5. The smallest absolute Gasteiger partial charge is 0.251 e. The van der Waals surface area contributed by atoms with E-state index < -0.39 is 10.0 Å². The maximum Gasteiger partial charge on any atom is 0.251 e. The molecule has 2 aliphatic heterocycles. The Hall–Kier alpha value is -1.19. The van der Waals surface area contributed by atoms with Crippen LogP contribution in [0.4, 0.5) is 0 Å². The molecule has 1 aromatic carbocycles. The lowest BCUT2D eigenvalue weighted by molar-refractivity contribution is 0.0204. The van der Waals surface area contributed by atoms with Crippen molar-refractivity contribution < 1.29 is 17.9 Å². The van der Waals surface area contributed by atoms with Crippen LogP contribution in [0.25, 0.3) is 0 Å². The van der Waals surface area contributed by atoms with Gasteiger partial charge in [-0.3, -0.25) is 9.69 Å². The predicted molar refractivity (Wildman–Crippen MR) is 113 cm³/mol. The van der Waals surface area contributed by atoms with Crippen LogP contribution in [0.5, 0.6) is 0 Å². The second-order valence-corrected chi connectivity index (χ2v) is 10.3. The number of hydrogen-bond acceptors (Lipinski definition) is 5. The van der Waals surface area contributed by atoms with E-state index in [1.165, 1.54) is 16.4 Å². The molecule has 0 aromatic heterocycles. The molecule has 29 heavy (non-hydrogen) atoms. The molecule has 0 spiro atoms. The van der Waals surface area contributed by atoms with E-state index in [9.17, 15) is 13.2 Å². The number of ether oxygens (including phenoxy) is 1. The molecule has 0 saturated carbocycles. The number of sulfonamides is 1. The number of hydrogen-bond donors (Lipinski definition) is 1. The van der Waals surface area contributed by atoms with E-state index >= 15 is 0 Å². The molecule has 2 fully saturated rings. The number of benzene rings is 1. The number of halogens is 1. The van der Waals surface area contributed by atoms with Crippen molar-refractivity contribution in [2.45, 2.75) is 37.6 Å². The van der Waals surface area contributed by atoms with Gasteiger partial charge in [0, 0.05) is 44.3 Å². The van der Waals surface area contributed by atoms with E-state index in [-0.39, 0.29) is 21.9 Å². The summed E-state index contributed by atoms with van der Waals surface area (Å²) >= 11 is 6.21. The fourth-order valence-corrected chi connectivity index (χ4v) is 5.93. The van der Waals surface area contributed by atoms with E-state index in [2.05, 4.69) is 17.1 Å². The summed E-state index contributed by atoms with van der Waals surface area (Å²) in [6.45, 7) is 8.63. The van der Waals surface area contributed by atoms with Crippen LogP contribution >= 0.6 is 11.6 Å². The minimum Gasteiger partial charge on any atom is -0.379 e. The molecule has 2 heterocycles. The monoisotopic (exact) mass is 443 g/mol. The summed E-state index contributed by atoms with van der Waals surface area (Å²) in [7, 11) is -3.73. The lowest BCUT2D eigenvalue weighted by Gasteiger charge is -2.32. The van der Waals surface area contributed by atoms with Crippen molar-refractivity contribution in [1.29, 1.82) is 0 Å². The van der Waals surface area contributed by atoms with Gasteiger partial charge in [0.05, 0.1) is 18.2 Å².